The molecule has 0 spiro atoms. The van der Waals surface area contributed by atoms with Gasteiger partial charge in [-0.25, -0.2) is 8.78 Å². The van der Waals surface area contributed by atoms with Gasteiger partial charge in [-0.15, -0.1) is 0 Å². The number of hydrogen-bond acceptors (Lipinski definition) is 1. The van der Waals surface area contributed by atoms with Gasteiger partial charge in [0.2, 0.25) is 0 Å². The summed E-state index contributed by atoms with van der Waals surface area (Å²) in [7, 11) is 1.78. The highest BCUT2D eigenvalue weighted by molar-refractivity contribution is 9.08. The fourth-order valence-corrected chi connectivity index (χ4v) is 2.83. The molecule has 0 radical (unpaired) electrons. The lowest BCUT2D eigenvalue weighted by molar-refractivity contribution is 0.553. The zero-order valence-corrected chi connectivity index (χ0v) is 11.4. The van der Waals surface area contributed by atoms with E-state index in [1.54, 1.807) is 11.9 Å². The summed E-state index contributed by atoms with van der Waals surface area (Å²) in [5.74, 6) is -0.928. The Hall–Kier alpha value is -0.640. The molecule has 0 N–H and O–H groups in total. The summed E-state index contributed by atoms with van der Waals surface area (Å²) in [6.07, 6.45) is 4.35. The molecule has 0 heterocycles. The quantitative estimate of drug-likeness (QED) is 0.755. The van der Waals surface area contributed by atoms with Crippen molar-refractivity contribution in [2.45, 2.75) is 37.1 Å². The van der Waals surface area contributed by atoms with E-state index < -0.39 is 11.6 Å². The molecule has 0 aromatic heterocycles. The van der Waals surface area contributed by atoms with E-state index in [4.69, 9.17) is 0 Å². The minimum atomic E-state index is -0.464. The molecule has 0 aliphatic heterocycles. The van der Waals surface area contributed by atoms with Gasteiger partial charge in [0.05, 0.1) is 0 Å². The first-order valence-corrected chi connectivity index (χ1v) is 7.02. The molecule has 0 unspecified atom stereocenters. The maximum Gasteiger partial charge on any atom is 0.149 e. The lowest BCUT2D eigenvalue weighted by Crippen LogP contribution is -2.30. The van der Waals surface area contributed by atoms with Gasteiger partial charge in [0.25, 0.3) is 0 Å². The van der Waals surface area contributed by atoms with Gasteiger partial charge in [-0.2, -0.15) is 0 Å². The molecular weight excluding hydrogens is 288 g/mol. The molecule has 0 saturated heterocycles. The van der Waals surface area contributed by atoms with Crippen molar-refractivity contribution in [1.29, 1.82) is 0 Å². The molecule has 0 atom stereocenters. The largest absolute Gasteiger partial charge is 0.367 e. The number of hydrogen-bond donors (Lipinski definition) is 0. The third-order valence-electron chi connectivity index (χ3n) is 3.46. The first-order chi connectivity index (χ1) is 8.13. The molecule has 1 nitrogen and oxygen atoms in total. The maximum absolute atomic E-state index is 13.9. The number of benzene rings is 1. The molecule has 1 saturated carbocycles. The highest BCUT2D eigenvalue weighted by Crippen LogP contribution is 2.31. The summed E-state index contributed by atoms with van der Waals surface area (Å²) >= 11 is 3.21. The van der Waals surface area contributed by atoms with E-state index in [1.807, 2.05) is 0 Å². The molecule has 2 rings (SSSR count). The fourth-order valence-electron chi connectivity index (χ4n) is 2.51. The molecule has 1 aliphatic carbocycles. The molecule has 94 valence electrons. The number of rotatable bonds is 3. The van der Waals surface area contributed by atoms with Crippen LogP contribution in [-0.4, -0.2) is 13.1 Å². The van der Waals surface area contributed by atoms with E-state index in [1.165, 1.54) is 12.1 Å². The van der Waals surface area contributed by atoms with E-state index in [9.17, 15) is 8.78 Å². The average molecular weight is 304 g/mol. The van der Waals surface area contributed by atoms with Crippen molar-refractivity contribution in [1.82, 2.24) is 0 Å². The van der Waals surface area contributed by atoms with Crippen LogP contribution < -0.4 is 4.90 Å². The van der Waals surface area contributed by atoms with Crippen LogP contribution in [0.25, 0.3) is 0 Å². The summed E-state index contributed by atoms with van der Waals surface area (Å²) in [5.41, 5.74) is 0.741. The number of halogens is 3. The monoisotopic (exact) mass is 303 g/mol. The highest BCUT2D eigenvalue weighted by Gasteiger charge is 2.24. The van der Waals surface area contributed by atoms with Gasteiger partial charge in [0.15, 0.2) is 0 Å². The number of alkyl halides is 1. The van der Waals surface area contributed by atoms with E-state index in [2.05, 4.69) is 15.9 Å². The molecule has 1 aromatic carbocycles. The molecule has 1 aromatic rings. The van der Waals surface area contributed by atoms with Crippen molar-refractivity contribution in [2.24, 2.45) is 0 Å². The number of nitrogens with zero attached hydrogens (tertiary/aromatic N) is 1. The van der Waals surface area contributed by atoms with Gasteiger partial charge >= 0.3 is 0 Å². The lowest BCUT2D eigenvalue weighted by atomic mass is 10.1. The van der Waals surface area contributed by atoms with Crippen molar-refractivity contribution >= 4 is 21.6 Å². The van der Waals surface area contributed by atoms with Gasteiger partial charge in [-0.3, -0.25) is 0 Å². The fraction of sp³-hybridized carbons (Fsp3) is 0.538. The van der Waals surface area contributed by atoms with Crippen LogP contribution in [0.1, 0.15) is 31.2 Å². The average Bonchev–Trinajstić information content (AvgIpc) is 2.81. The molecular formula is C13H16BrF2N. The zero-order valence-electron chi connectivity index (χ0n) is 9.85. The topological polar surface area (TPSA) is 3.24 Å². The third-order valence-corrected chi connectivity index (χ3v) is 4.10. The predicted octanol–water partition coefficient (Wildman–Crippen LogP) is 4.24. The molecule has 17 heavy (non-hydrogen) atoms. The van der Waals surface area contributed by atoms with E-state index in [-0.39, 0.29) is 11.7 Å². The smallest absolute Gasteiger partial charge is 0.149 e. The first-order valence-electron chi connectivity index (χ1n) is 5.90. The molecule has 0 amide bonds. The van der Waals surface area contributed by atoms with Gasteiger partial charge in [-0.1, -0.05) is 28.8 Å². The summed E-state index contributed by atoms with van der Waals surface area (Å²) in [5, 5.41) is 0.467. The third kappa shape index (κ3) is 2.62. The van der Waals surface area contributed by atoms with Crippen LogP contribution in [0.2, 0.25) is 0 Å². The van der Waals surface area contributed by atoms with Crippen LogP contribution in [-0.2, 0) is 5.33 Å². The van der Waals surface area contributed by atoms with Crippen LogP contribution in [0.4, 0.5) is 14.5 Å². The second-order valence-electron chi connectivity index (χ2n) is 4.59. The predicted molar refractivity (Wildman–Crippen MR) is 69.6 cm³/mol. The van der Waals surface area contributed by atoms with Crippen molar-refractivity contribution < 1.29 is 8.78 Å². The Bertz CT molecular complexity index is 379. The van der Waals surface area contributed by atoms with Gasteiger partial charge in [0, 0.05) is 18.4 Å². The van der Waals surface area contributed by atoms with Crippen LogP contribution >= 0.6 is 15.9 Å². The van der Waals surface area contributed by atoms with E-state index in [0.29, 0.717) is 10.9 Å². The Kier molecular flexibility index (Phi) is 4.02. The zero-order chi connectivity index (χ0) is 12.4. The van der Waals surface area contributed by atoms with Gasteiger partial charge < -0.3 is 4.90 Å². The second-order valence-corrected chi connectivity index (χ2v) is 5.15. The van der Waals surface area contributed by atoms with E-state index >= 15 is 0 Å². The number of anilines is 1. The Morgan fingerprint density at radius 1 is 1.24 bits per heavy atom. The van der Waals surface area contributed by atoms with Crippen LogP contribution in [0.3, 0.4) is 0 Å². The Morgan fingerprint density at radius 2 is 1.76 bits per heavy atom. The SMILES string of the molecule is CN(c1c(F)cc(CBr)cc1F)C1CCCC1. The minimum absolute atomic E-state index is 0.113. The summed E-state index contributed by atoms with van der Waals surface area (Å²) in [6.45, 7) is 0. The maximum atomic E-state index is 13.9. The lowest BCUT2D eigenvalue weighted by Gasteiger charge is -2.27. The summed E-state index contributed by atoms with van der Waals surface area (Å²) in [6, 6.07) is 3.07. The second kappa shape index (κ2) is 5.34. The van der Waals surface area contributed by atoms with Gasteiger partial charge in [0.1, 0.15) is 17.3 Å². The van der Waals surface area contributed by atoms with Crippen LogP contribution in [0.15, 0.2) is 12.1 Å². The first kappa shape index (κ1) is 12.8. The Morgan fingerprint density at radius 3 is 2.24 bits per heavy atom. The minimum Gasteiger partial charge on any atom is -0.367 e. The molecule has 4 heteroatoms. The molecule has 1 aliphatic rings. The Labute approximate surface area is 109 Å². The van der Waals surface area contributed by atoms with Crippen molar-refractivity contribution in [3.05, 3.63) is 29.3 Å². The highest BCUT2D eigenvalue weighted by atomic mass is 79.9. The van der Waals surface area contributed by atoms with Crippen LogP contribution in [0, 0.1) is 11.6 Å². The summed E-state index contributed by atoms with van der Waals surface area (Å²) < 4.78 is 27.8. The van der Waals surface area contributed by atoms with Crippen molar-refractivity contribution in [3.8, 4) is 0 Å². The molecule has 0 bridgehead atoms. The van der Waals surface area contributed by atoms with Crippen molar-refractivity contribution in [2.75, 3.05) is 11.9 Å². The van der Waals surface area contributed by atoms with Crippen LogP contribution in [0.5, 0.6) is 0 Å². The van der Waals surface area contributed by atoms with Crippen molar-refractivity contribution in [3.63, 3.8) is 0 Å². The van der Waals surface area contributed by atoms with Gasteiger partial charge in [-0.05, 0) is 30.5 Å². The standard InChI is InChI=1S/C13H16BrF2N/c1-17(10-4-2-3-5-10)13-11(15)6-9(8-14)7-12(13)16/h6-7,10H,2-5,8H2,1H3. The van der Waals surface area contributed by atoms with E-state index in [0.717, 1.165) is 25.7 Å². The Balaban J connectivity index is 2.30. The normalized spacial score (nSPS) is 16.5. The summed E-state index contributed by atoms with van der Waals surface area (Å²) in [4.78, 5) is 1.76. The molecule has 1 fully saturated rings.